The van der Waals surface area contributed by atoms with Crippen LogP contribution >= 0.6 is 11.3 Å². The fraction of sp³-hybridized carbons (Fsp3) is 0.357. The van der Waals surface area contributed by atoms with Crippen LogP contribution in [0.3, 0.4) is 0 Å². The molecule has 2 aromatic rings. The van der Waals surface area contributed by atoms with Gasteiger partial charge in [-0.25, -0.2) is 18.1 Å². The third kappa shape index (κ3) is 3.42. The van der Waals surface area contributed by atoms with Crippen molar-refractivity contribution >= 4 is 27.0 Å². The molecule has 21 heavy (non-hydrogen) atoms. The molecule has 1 heterocycles. The Bertz CT molecular complexity index is 767. The Morgan fingerprint density at radius 2 is 1.86 bits per heavy atom. The highest BCUT2D eigenvalue weighted by atomic mass is 32.2. The lowest BCUT2D eigenvalue weighted by atomic mass is 10.1. The van der Waals surface area contributed by atoms with Crippen LogP contribution in [0.25, 0.3) is 0 Å². The van der Waals surface area contributed by atoms with E-state index in [4.69, 9.17) is 5.73 Å². The van der Waals surface area contributed by atoms with Gasteiger partial charge in [0.15, 0.2) is 0 Å². The van der Waals surface area contributed by atoms with Crippen molar-refractivity contribution in [2.24, 2.45) is 0 Å². The molecule has 0 radical (unpaired) electrons. The minimum atomic E-state index is -3.68. The molecule has 1 aromatic heterocycles. The molecule has 2 rings (SSSR count). The summed E-state index contributed by atoms with van der Waals surface area (Å²) in [5.41, 5.74) is 8.86. The van der Waals surface area contributed by atoms with E-state index in [1.54, 1.807) is 19.1 Å². The zero-order valence-corrected chi connectivity index (χ0v) is 14.1. The van der Waals surface area contributed by atoms with E-state index in [1.165, 1.54) is 11.3 Å². The number of thiazole rings is 1. The number of nitrogens with two attached hydrogens (primary N) is 1. The van der Waals surface area contributed by atoms with Crippen LogP contribution in [0.5, 0.6) is 0 Å². The molecular formula is C14H19N3O2S2. The number of nitrogens with one attached hydrogen (secondary N) is 1. The Labute approximate surface area is 129 Å². The largest absolute Gasteiger partial charge is 0.398 e. The van der Waals surface area contributed by atoms with Crippen LogP contribution in [0, 0.1) is 20.8 Å². The molecule has 0 fully saturated rings. The van der Waals surface area contributed by atoms with Crippen molar-refractivity contribution in [1.29, 1.82) is 0 Å². The van der Waals surface area contributed by atoms with Gasteiger partial charge in [-0.15, -0.1) is 11.3 Å². The Morgan fingerprint density at radius 1 is 1.24 bits per heavy atom. The van der Waals surface area contributed by atoms with Crippen LogP contribution in [0.4, 0.5) is 5.69 Å². The van der Waals surface area contributed by atoms with Gasteiger partial charge in [0.2, 0.25) is 10.0 Å². The molecule has 0 aliphatic heterocycles. The van der Waals surface area contributed by atoms with Gasteiger partial charge in [0.1, 0.15) is 9.90 Å². The summed E-state index contributed by atoms with van der Waals surface area (Å²) in [7, 11) is -3.68. The fourth-order valence-electron chi connectivity index (χ4n) is 1.96. The van der Waals surface area contributed by atoms with E-state index in [0.717, 1.165) is 21.8 Å². The Kier molecular flexibility index (Phi) is 4.36. The van der Waals surface area contributed by atoms with Crippen LogP contribution in [0.15, 0.2) is 22.4 Å². The summed E-state index contributed by atoms with van der Waals surface area (Å²) in [6.07, 6.45) is 0. The molecule has 1 aromatic carbocycles. The normalized spacial score (nSPS) is 13.3. The van der Waals surface area contributed by atoms with E-state index < -0.39 is 16.1 Å². The van der Waals surface area contributed by atoms with Gasteiger partial charge in [0.05, 0.1) is 11.7 Å². The number of hydrogen-bond donors (Lipinski definition) is 2. The maximum absolute atomic E-state index is 12.5. The summed E-state index contributed by atoms with van der Waals surface area (Å²) in [5.74, 6) is 0. The van der Waals surface area contributed by atoms with Gasteiger partial charge in [0.25, 0.3) is 0 Å². The molecule has 0 spiro atoms. The number of aryl methyl sites for hydroxylation is 3. The van der Waals surface area contributed by atoms with E-state index in [9.17, 15) is 8.42 Å². The number of benzene rings is 1. The smallest absolute Gasteiger partial charge is 0.243 e. The zero-order valence-electron chi connectivity index (χ0n) is 12.5. The SMILES string of the molecule is Cc1csc(C(C)NS(=O)(=O)c2cc(C)c(C)cc2N)n1. The van der Waals surface area contributed by atoms with Gasteiger partial charge in [-0.05, 0) is 51.0 Å². The number of nitrogen functional groups attached to an aromatic ring is 1. The monoisotopic (exact) mass is 325 g/mol. The first-order valence-electron chi connectivity index (χ1n) is 6.52. The highest BCUT2D eigenvalue weighted by molar-refractivity contribution is 7.89. The van der Waals surface area contributed by atoms with Crippen LogP contribution < -0.4 is 10.5 Å². The first-order chi connectivity index (χ1) is 9.70. The summed E-state index contributed by atoms with van der Waals surface area (Å²) < 4.78 is 27.6. The quantitative estimate of drug-likeness (QED) is 0.846. The molecule has 7 heteroatoms. The van der Waals surface area contributed by atoms with Crippen molar-refractivity contribution in [3.63, 3.8) is 0 Å². The van der Waals surface area contributed by atoms with Gasteiger partial charge in [0, 0.05) is 11.1 Å². The number of aromatic nitrogens is 1. The first kappa shape index (κ1) is 15.9. The second-order valence-corrected chi connectivity index (χ2v) is 7.72. The number of rotatable bonds is 4. The van der Waals surface area contributed by atoms with E-state index in [1.807, 2.05) is 26.2 Å². The zero-order chi connectivity index (χ0) is 15.8. The second kappa shape index (κ2) is 5.75. The molecule has 114 valence electrons. The Morgan fingerprint density at radius 3 is 2.43 bits per heavy atom. The van der Waals surface area contributed by atoms with E-state index in [2.05, 4.69) is 9.71 Å². The van der Waals surface area contributed by atoms with Gasteiger partial charge >= 0.3 is 0 Å². The summed E-state index contributed by atoms with van der Waals surface area (Å²) in [5, 5.41) is 2.63. The summed E-state index contributed by atoms with van der Waals surface area (Å²) >= 11 is 1.43. The molecule has 0 aliphatic carbocycles. The van der Waals surface area contributed by atoms with Gasteiger partial charge in [-0.3, -0.25) is 0 Å². The van der Waals surface area contributed by atoms with Crippen LogP contribution in [-0.4, -0.2) is 13.4 Å². The lowest BCUT2D eigenvalue weighted by Crippen LogP contribution is -2.27. The fourth-order valence-corrected chi connectivity index (χ4v) is 4.25. The highest BCUT2D eigenvalue weighted by Gasteiger charge is 2.22. The maximum atomic E-state index is 12.5. The molecule has 0 saturated carbocycles. The second-order valence-electron chi connectivity index (χ2n) is 5.14. The van der Waals surface area contributed by atoms with Crippen molar-refractivity contribution in [3.05, 3.63) is 39.3 Å². The van der Waals surface area contributed by atoms with E-state index >= 15 is 0 Å². The van der Waals surface area contributed by atoms with Crippen molar-refractivity contribution in [2.45, 2.75) is 38.6 Å². The number of nitrogens with zero attached hydrogens (tertiary/aromatic N) is 1. The third-order valence-electron chi connectivity index (χ3n) is 3.25. The van der Waals surface area contributed by atoms with E-state index in [0.29, 0.717) is 0 Å². The van der Waals surface area contributed by atoms with Crippen LogP contribution in [0.1, 0.15) is 34.8 Å². The number of anilines is 1. The Balaban J connectivity index is 2.32. The molecule has 3 N–H and O–H groups in total. The topological polar surface area (TPSA) is 85.1 Å². The molecule has 5 nitrogen and oxygen atoms in total. The summed E-state index contributed by atoms with van der Waals surface area (Å²) in [6.45, 7) is 7.41. The average molecular weight is 325 g/mol. The molecular weight excluding hydrogens is 306 g/mol. The molecule has 0 bridgehead atoms. The maximum Gasteiger partial charge on any atom is 0.243 e. The lowest BCUT2D eigenvalue weighted by molar-refractivity contribution is 0.566. The molecule has 1 unspecified atom stereocenters. The van der Waals surface area contributed by atoms with E-state index in [-0.39, 0.29) is 10.6 Å². The number of hydrogen-bond acceptors (Lipinski definition) is 5. The van der Waals surface area contributed by atoms with Gasteiger partial charge < -0.3 is 5.73 Å². The van der Waals surface area contributed by atoms with Crippen molar-refractivity contribution < 1.29 is 8.42 Å². The highest BCUT2D eigenvalue weighted by Crippen LogP contribution is 2.25. The standard InChI is InChI=1S/C14H19N3O2S2/c1-8-5-12(15)13(6-9(8)2)21(18,19)17-11(4)14-16-10(3)7-20-14/h5-7,11,17H,15H2,1-4H3. The predicted molar refractivity (Wildman–Crippen MR) is 85.9 cm³/mol. The molecule has 0 aliphatic rings. The predicted octanol–water partition coefficient (Wildman–Crippen LogP) is 2.69. The average Bonchev–Trinajstić information content (AvgIpc) is 2.80. The minimum Gasteiger partial charge on any atom is -0.398 e. The minimum absolute atomic E-state index is 0.116. The lowest BCUT2D eigenvalue weighted by Gasteiger charge is -2.14. The molecule has 0 amide bonds. The third-order valence-corrected chi connectivity index (χ3v) is 6.00. The molecule has 0 saturated heterocycles. The Hall–Kier alpha value is -1.44. The van der Waals surface area contributed by atoms with Gasteiger partial charge in [-0.2, -0.15) is 0 Å². The summed E-state index contributed by atoms with van der Waals surface area (Å²) in [6, 6.07) is 2.89. The first-order valence-corrected chi connectivity index (χ1v) is 8.88. The van der Waals surface area contributed by atoms with Gasteiger partial charge in [-0.1, -0.05) is 0 Å². The number of sulfonamides is 1. The van der Waals surface area contributed by atoms with Crippen molar-refractivity contribution in [1.82, 2.24) is 9.71 Å². The van der Waals surface area contributed by atoms with Crippen molar-refractivity contribution in [2.75, 3.05) is 5.73 Å². The summed E-state index contributed by atoms with van der Waals surface area (Å²) in [4.78, 5) is 4.42. The molecule has 1 atom stereocenters. The van der Waals surface area contributed by atoms with Crippen LogP contribution in [-0.2, 0) is 10.0 Å². The van der Waals surface area contributed by atoms with Crippen LogP contribution in [0.2, 0.25) is 0 Å². The van der Waals surface area contributed by atoms with Crippen molar-refractivity contribution in [3.8, 4) is 0 Å².